The minimum atomic E-state index is -0.878. The summed E-state index contributed by atoms with van der Waals surface area (Å²) >= 11 is 1.33. The third-order valence-corrected chi connectivity index (χ3v) is 4.23. The van der Waals surface area contributed by atoms with Gasteiger partial charge in [0.05, 0.1) is 5.75 Å². The van der Waals surface area contributed by atoms with Crippen molar-refractivity contribution in [3.05, 3.63) is 77.1 Å². The fourth-order valence-corrected chi connectivity index (χ4v) is 2.72. The molecule has 1 unspecified atom stereocenters. The highest BCUT2D eigenvalue weighted by Gasteiger charge is 2.19. The number of carbonyl (C=O) groups excluding carboxylic acids is 1. The summed E-state index contributed by atoms with van der Waals surface area (Å²) in [5, 5.41) is 0.572. The second-order valence-electron chi connectivity index (χ2n) is 5.39. The number of carbonyl (C=O) groups is 1. The van der Waals surface area contributed by atoms with Crippen LogP contribution in [0.1, 0.15) is 12.7 Å². The number of ether oxygens (including phenoxy) is 2. The molecule has 0 aliphatic heterocycles. The molecule has 2 heterocycles. The summed E-state index contributed by atoms with van der Waals surface area (Å²) in [6, 6.07) is 11.9. The first kappa shape index (κ1) is 18.7. The van der Waals surface area contributed by atoms with E-state index in [1.807, 2.05) is 6.07 Å². The fraction of sp³-hybridized carbons (Fsp3) is 0.158. The first-order valence-electron chi connectivity index (χ1n) is 8.07. The van der Waals surface area contributed by atoms with Crippen LogP contribution < -0.4 is 14.9 Å². The quantitative estimate of drug-likeness (QED) is 0.349. The maximum Gasteiger partial charge on any atom is 0.352 e. The molecule has 7 nitrogen and oxygen atoms in total. The Balaban J connectivity index is 1.58. The second kappa shape index (κ2) is 9.00. The Labute approximate surface area is 159 Å². The molecule has 138 valence electrons. The van der Waals surface area contributed by atoms with Gasteiger partial charge in [-0.1, -0.05) is 30.0 Å². The van der Waals surface area contributed by atoms with E-state index < -0.39 is 17.5 Å². The zero-order valence-electron chi connectivity index (χ0n) is 14.4. The Morgan fingerprint density at radius 2 is 1.93 bits per heavy atom. The predicted octanol–water partition coefficient (Wildman–Crippen LogP) is 3.10. The van der Waals surface area contributed by atoms with Gasteiger partial charge in [0.25, 0.3) is 0 Å². The molecule has 0 radical (unpaired) electrons. The molecular formula is C19H16N2O5S. The van der Waals surface area contributed by atoms with Crippen LogP contribution in [0.25, 0.3) is 0 Å². The summed E-state index contributed by atoms with van der Waals surface area (Å²) in [6.45, 7) is 1.54. The van der Waals surface area contributed by atoms with E-state index in [0.717, 1.165) is 6.26 Å². The van der Waals surface area contributed by atoms with Gasteiger partial charge in [-0.2, -0.15) is 0 Å². The lowest BCUT2D eigenvalue weighted by Crippen LogP contribution is -2.29. The van der Waals surface area contributed by atoms with E-state index in [1.54, 1.807) is 49.6 Å². The van der Waals surface area contributed by atoms with Crippen molar-refractivity contribution in [1.82, 2.24) is 9.97 Å². The van der Waals surface area contributed by atoms with E-state index in [9.17, 15) is 9.59 Å². The fourth-order valence-electron chi connectivity index (χ4n) is 2.03. The van der Waals surface area contributed by atoms with Crippen LogP contribution in [0.3, 0.4) is 0 Å². The summed E-state index contributed by atoms with van der Waals surface area (Å²) in [4.78, 5) is 32.4. The van der Waals surface area contributed by atoms with Crippen molar-refractivity contribution in [1.29, 1.82) is 0 Å². The lowest BCUT2D eigenvalue weighted by Gasteiger charge is -2.13. The predicted molar refractivity (Wildman–Crippen MR) is 98.7 cm³/mol. The zero-order valence-corrected chi connectivity index (χ0v) is 15.2. The van der Waals surface area contributed by atoms with Crippen molar-refractivity contribution >= 4 is 17.7 Å². The normalized spacial score (nSPS) is 11.6. The van der Waals surface area contributed by atoms with E-state index in [-0.39, 0.29) is 5.75 Å². The van der Waals surface area contributed by atoms with Gasteiger partial charge in [0.2, 0.25) is 11.2 Å². The van der Waals surface area contributed by atoms with E-state index in [1.165, 1.54) is 17.8 Å². The molecule has 3 rings (SSSR count). The van der Waals surface area contributed by atoms with Crippen molar-refractivity contribution < 1.29 is 18.7 Å². The van der Waals surface area contributed by atoms with Gasteiger partial charge in [-0.3, -0.25) is 4.79 Å². The van der Waals surface area contributed by atoms with E-state index >= 15 is 0 Å². The Hall–Kier alpha value is -3.13. The number of esters is 1. The van der Waals surface area contributed by atoms with Crippen molar-refractivity contribution in [3.8, 4) is 11.5 Å². The molecule has 0 aliphatic carbocycles. The summed E-state index contributed by atoms with van der Waals surface area (Å²) in [5.74, 6) is 0.454. The van der Waals surface area contributed by atoms with Gasteiger partial charge in [-0.05, 0) is 25.1 Å². The second-order valence-corrected chi connectivity index (χ2v) is 6.33. The summed E-state index contributed by atoms with van der Waals surface area (Å²) in [6.07, 6.45) is 3.51. The lowest BCUT2D eigenvalue weighted by molar-refractivity contribution is -0.141. The van der Waals surface area contributed by atoms with Gasteiger partial charge >= 0.3 is 5.97 Å². The minimum absolute atomic E-state index is 0.187. The molecule has 0 aliphatic rings. The Bertz CT molecular complexity index is 947. The maximum absolute atomic E-state index is 12.1. The highest BCUT2D eigenvalue weighted by atomic mass is 32.2. The molecule has 1 aromatic carbocycles. The smallest absolute Gasteiger partial charge is 0.352 e. The number of hydrogen-bond donors (Lipinski definition) is 0. The minimum Gasteiger partial charge on any atom is -0.479 e. The van der Waals surface area contributed by atoms with Crippen LogP contribution in [0.4, 0.5) is 0 Å². The SMILES string of the molecule is CC(Oc1ccccc1)C(=O)Oc1coc(CSc2ncccn2)cc1=O. The van der Waals surface area contributed by atoms with Crippen molar-refractivity contribution in [2.24, 2.45) is 0 Å². The highest BCUT2D eigenvalue weighted by Crippen LogP contribution is 2.19. The molecule has 2 aromatic heterocycles. The van der Waals surface area contributed by atoms with Gasteiger partial charge < -0.3 is 13.9 Å². The molecule has 27 heavy (non-hydrogen) atoms. The lowest BCUT2D eigenvalue weighted by atomic mass is 10.3. The topological polar surface area (TPSA) is 91.5 Å². The zero-order chi connectivity index (χ0) is 19.1. The van der Waals surface area contributed by atoms with E-state index in [2.05, 4.69) is 9.97 Å². The third kappa shape index (κ3) is 5.42. The Morgan fingerprint density at radius 1 is 1.19 bits per heavy atom. The van der Waals surface area contributed by atoms with Crippen LogP contribution in [0.5, 0.6) is 11.5 Å². The highest BCUT2D eigenvalue weighted by molar-refractivity contribution is 7.98. The molecule has 8 heteroatoms. The van der Waals surface area contributed by atoms with Gasteiger partial charge in [0, 0.05) is 18.5 Å². The molecule has 0 bridgehead atoms. The number of nitrogens with zero attached hydrogens (tertiary/aromatic N) is 2. The molecule has 0 amide bonds. The number of hydrogen-bond acceptors (Lipinski definition) is 8. The Kier molecular flexibility index (Phi) is 6.22. The average Bonchev–Trinajstić information content (AvgIpc) is 2.69. The van der Waals surface area contributed by atoms with Crippen molar-refractivity contribution in [2.45, 2.75) is 23.9 Å². The summed E-state index contributed by atoms with van der Waals surface area (Å²) in [5.41, 5.74) is -0.453. The van der Waals surface area contributed by atoms with E-state index in [0.29, 0.717) is 22.4 Å². The largest absolute Gasteiger partial charge is 0.479 e. The molecule has 0 saturated heterocycles. The van der Waals surface area contributed by atoms with Crippen LogP contribution in [0.15, 0.2) is 75.5 Å². The monoisotopic (exact) mass is 384 g/mol. The van der Waals surface area contributed by atoms with Crippen LogP contribution in [-0.4, -0.2) is 22.0 Å². The number of para-hydroxylation sites is 1. The molecule has 3 aromatic rings. The molecule has 0 spiro atoms. The number of benzene rings is 1. The van der Waals surface area contributed by atoms with E-state index in [4.69, 9.17) is 13.9 Å². The van der Waals surface area contributed by atoms with Crippen molar-refractivity contribution in [3.63, 3.8) is 0 Å². The van der Waals surface area contributed by atoms with Gasteiger partial charge in [-0.25, -0.2) is 14.8 Å². The van der Waals surface area contributed by atoms with Crippen molar-refractivity contribution in [2.75, 3.05) is 0 Å². The van der Waals surface area contributed by atoms with Gasteiger partial charge in [0.15, 0.2) is 11.3 Å². The van der Waals surface area contributed by atoms with Crippen LogP contribution >= 0.6 is 11.8 Å². The molecule has 0 saturated carbocycles. The molecule has 1 atom stereocenters. The summed E-state index contributed by atoms with van der Waals surface area (Å²) in [7, 11) is 0. The number of rotatable bonds is 7. The number of aromatic nitrogens is 2. The first-order chi connectivity index (χ1) is 13.1. The average molecular weight is 384 g/mol. The molecule has 0 N–H and O–H groups in total. The van der Waals surface area contributed by atoms with Crippen LogP contribution in [0, 0.1) is 0 Å². The van der Waals surface area contributed by atoms with Gasteiger partial charge in [0.1, 0.15) is 17.8 Å². The third-order valence-electron chi connectivity index (χ3n) is 3.34. The Morgan fingerprint density at radius 3 is 2.63 bits per heavy atom. The molecule has 0 fully saturated rings. The van der Waals surface area contributed by atoms with Gasteiger partial charge in [-0.15, -0.1) is 0 Å². The van der Waals surface area contributed by atoms with Crippen LogP contribution in [-0.2, 0) is 10.5 Å². The van der Waals surface area contributed by atoms with Crippen LogP contribution in [0.2, 0.25) is 0 Å². The maximum atomic E-state index is 12.1. The standard InChI is InChI=1S/C19H16N2O5S/c1-13(25-14-6-3-2-4-7-14)18(23)26-17-11-24-15(10-16(17)22)12-27-19-20-8-5-9-21-19/h2-11,13H,12H2,1H3. The molecular weight excluding hydrogens is 368 g/mol. The number of thioether (sulfide) groups is 1. The summed E-state index contributed by atoms with van der Waals surface area (Å²) < 4.78 is 15.9. The first-order valence-corrected chi connectivity index (χ1v) is 9.05.